The molecule has 24 heavy (non-hydrogen) atoms. The lowest BCUT2D eigenvalue weighted by molar-refractivity contribution is 0.0891. The zero-order valence-electron chi connectivity index (χ0n) is 13.1. The molecule has 1 N–H and O–H groups in total. The SMILES string of the molecule is O=C(NC1CCCN(Cc2cccnc2)C1)c1ncc(F)cc1F. The molecule has 1 atom stereocenters. The maximum atomic E-state index is 13.6. The molecule has 7 heteroatoms. The molecule has 3 rings (SSSR count). The minimum atomic E-state index is -0.949. The van der Waals surface area contributed by atoms with Crippen LogP contribution in [0.25, 0.3) is 0 Å². The van der Waals surface area contributed by atoms with E-state index in [0.29, 0.717) is 12.6 Å². The molecule has 0 aromatic carbocycles. The molecule has 0 aliphatic carbocycles. The summed E-state index contributed by atoms with van der Waals surface area (Å²) in [7, 11) is 0. The van der Waals surface area contributed by atoms with Gasteiger partial charge in [0, 0.05) is 37.6 Å². The number of piperidine rings is 1. The maximum absolute atomic E-state index is 13.6. The van der Waals surface area contributed by atoms with Gasteiger partial charge in [0.05, 0.1) is 6.20 Å². The number of halogens is 2. The molecule has 1 aliphatic rings. The fourth-order valence-electron chi connectivity index (χ4n) is 2.90. The summed E-state index contributed by atoms with van der Waals surface area (Å²) in [6.07, 6.45) is 6.14. The molecular weight excluding hydrogens is 314 g/mol. The smallest absolute Gasteiger partial charge is 0.273 e. The topological polar surface area (TPSA) is 58.1 Å². The summed E-state index contributed by atoms with van der Waals surface area (Å²) in [6, 6.07) is 4.47. The van der Waals surface area contributed by atoms with E-state index < -0.39 is 17.5 Å². The minimum absolute atomic E-state index is 0.0887. The summed E-state index contributed by atoms with van der Waals surface area (Å²) >= 11 is 0. The molecule has 0 spiro atoms. The summed E-state index contributed by atoms with van der Waals surface area (Å²) in [5.74, 6) is -2.36. The van der Waals surface area contributed by atoms with Crippen molar-refractivity contribution in [1.82, 2.24) is 20.2 Å². The number of nitrogens with zero attached hydrogens (tertiary/aromatic N) is 3. The lowest BCUT2D eigenvalue weighted by Crippen LogP contribution is -2.47. The van der Waals surface area contributed by atoms with Crippen LogP contribution in [0, 0.1) is 11.6 Å². The summed E-state index contributed by atoms with van der Waals surface area (Å²) in [6.45, 7) is 2.36. The number of amides is 1. The molecule has 1 aliphatic heterocycles. The molecule has 126 valence electrons. The quantitative estimate of drug-likeness (QED) is 0.932. The highest BCUT2D eigenvalue weighted by molar-refractivity contribution is 5.92. The van der Waals surface area contributed by atoms with E-state index in [1.54, 1.807) is 6.20 Å². The highest BCUT2D eigenvalue weighted by atomic mass is 19.1. The number of pyridine rings is 2. The Morgan fingerprint density at radius 1 is 1.38 bits per heavy atom. The number of carbonyl (C=O) groups excluding carboxylic acids is 1. The van der Waals surface area contributed by atoms with Crippen LogP contribution < -0.4 is 5.32 Å². The van der Waals surface area contributed by atoms with Gasteiger partial charge < -0.3 is 5.32 Å². The Kier molecular flexibility index (Phi) is 5.10. The van der Waals surface area contributed by atoms with Crippen LogP contribution >= 0.6 is 0 Å². The molecule has 1 unspecified atom stereocenters. The molecule has 5 nitrogen and oxygen atoms in total. The molecule has 1 amide bonds. The van der Waals surface area contributed by atoms with Crippen LogP contribution in [0.15, 0.2) is 36.8 Å². The fourth-order valence-corrected chi connectivity index (χ4v) is 2.90. The van der Waals surface area contributed by atoms with Gasteiger partial charge in [-0.3, -0.25) is 14.7 Å². The zero-order valence-corrected chi connectivity index (χ0v) is 13.1. The number of hydrogen-bond acceptors (Lipinski definition) is 4. The molecule has 0 saturated carbocycles. The number of likely N-dealkylation sites (tertiary alicyclic amines) is 1. The standard InChI is InChI=1S/C17H18F2N4O/c18-13-7-15(19)16(21-9-13)17(24)22-14-4-2-6-23(11-14)10-12-3-1-5-20-8-12/h1,3,5,7-9,14H,2,4,6,10-11H2,(H,22,24). The third-order valence-corrected chi connectivity index (χ3v) is 3.99. The summed E-state index contributed by atoms with van der Waals surface area (Å²) in [5, 5.41) is 2.79. The first-order valence-electron chi connectivity index (χ1n) is 7.85. The molecule has 3 heterocycles. The van der Waals surface area contributed by atoms with Gasteiger partial charge in [-0.05, 0) is 31.0 Å². The van der Waals surface area contributed by atoms with Crippen molar-refractivity contribution in [2.45, 2.75) is 25.4 Å². The van der Waals surface area contributed by atoms with E-state index in [1.165, 1.54) is 0 Å². The van der Waals surface area contributed by atoms with Crippen molar-refractivity contribution in [2.75, 3.05) is 13.1 Å². The Hall–Kier alpha value is -2.41. The first-order valence-corrected chi connectivity index (χ1v) is 7.85. The molecular formula is C17H18F2N4O. The summed E-state index contributed by atoms with van der Waals surface area (Å²) in [4.78, 5) is 22.0. The van der Waals surface area contributed by atoms with Gasteiger partial charge in [-0.2, -0.15) is 0 Å². The van der Waals surface area contributed by atoms with Crippen molar-refractivity contribution in [2.24, 2.45) is 0 Å². The number of carbonyl (C=O) groups is 1. The van der Waals surface area contributed by atoms with Crippen molar-refractivity contribution in [3.63, 3.8) is 0 Å². The maximum Gasteiger partial charge on any atom is 0.273 e. The van der Waals surface area contributed by atoms with E-state index in [2.05, 4.69) is 20.2 Å². The average Bonchev–Trinajstić information content (AvgIpc) is 2.56. The van der Waals surface area contributed by atoms with Gasteiger partial charge in [-0.15, -0.1) is 0 Å². The van der Waals surface area contributed by atoms with E-state index in [0.717, 1.165) is 37.7 Å². The number of rotatable bonds is 4. The molecule has 0 bridgehead atoms. The van der Waals surface area contributed by atoms with Gasteiger partial charge in [-0.25, -0.2) is 13.8 Å². The van der Waals surface area contributed by atoms with Gasteiger partial charge >= 0.3 is 0 Å². The normalized spacial score (nSPS) is 18.3. The molecule has 0 radical (unpaired) electrons. The van der Waals surface area contributed by atoms with Gasteiger partial charge in [0.1, 0.15) is 5.82 Å². The Labute approximate surface area is 138 Å². The van der Waals surface area contributed by atoms with E-state index in [1.807, 2.05) is 18.3 Å². The second-order valence-corrected chi connectivity index (χ2v) is 5.89. The van der Waals surface area contributed by atoms with Crippen LogP contribution in [-0.2, 0) is 6.54 Å². The van der Waals surface area contributed by atoms with Crippen LogP contribution in [0.2, 0.25) is 0 Å². The van der Waals surface area contributed by atoms with Crippen molar-refractivity contribution in [1.29, 1.82) is 0 Å². The van der Waals surface area contributed by atoms with Crippen molar-refractivity contribution in [3.8, 4) is 0 Å². The second-order valence-electron chi connectivity index (χ2n) is 5.89. The van der Waals surface area contributed by atoms with Crippen molar-refractivity contribution < 1.29 is 13.6 Å². The van der Waals surface area contributed by atoms with Crippen LogP contribution in [0.3, 0.4) is 0 Å². The zero-order chi connectivity index (χ0) is 16.9. The van der Waals surface area contributed by atoms with Crippen LogP contribution in [0.5, 0.6) is 0 Å². The fraction of sp³-hybridized carbons (Fsp3) is 0.353. The van der Waals surface area contributed by atoms with Gasteiger partial charge in [-0.1, -0.05) is 6.07 Å². The monoisotopic (exact) mass is 332 g/mol. The third-order valence-electron chi connectivity index (χ3n) is 3.99. The highest BCUT2D eigenvalue weighted by Gasteiger charge is 2.23. The molecule has 1 saturated heterocycles. The first-order chi connectivity index (χ1) is 11.6. The van der Waals surface area contributed by atoms with E-state index in [-0.39, 0.29) is 11.7 Å². The number of nitrogens with one attached hydrogen (secondary N) is 1. The van der Waals surface area contributed by atoms with Crippen molar-refractivity contribution in [3.05, 3.63) is 59.7 Å². The predicted molar refractivity (Wildman–Crippen MR) is 84.2 cm³/mol. The predicted octanol–water partition coefficient (Wildman–Crippen LogP) is 2.15. The Bertz CT molecular complexity index is 711. The first kappa shape index (κ1) is 16.4. The highest BCUT2D eigenvalue weighted by Crippen LogP contribution is 2.14. The number of aromatic nitrogens is 2. The largest absolute Gasteiger partial charge is 0.347 e. The molecule has 2 aromatic rings. The van der Waals surface area contributed by atoms with E-state index in [9.17, 15) is 13.6 Å². The Morgan fingerprint density at radius 2 is 2.25 bits per heavy atom. The lowest BCUT2D eigenvalue weighted by atomic mass is 10.0. The van der Waals surface area contributed by atoms with Crippen LogP contribution in [0.4, 0.5) is 8.78 Å². The third kappa shape index (κ3) is 4.11. The molecule has 1 fully saturated rings. The van der Waals surface area contributed by atoms with Crippen molar-refractivity contribution >= 4 is 5.91 Å². The Balaban J connectivity index is 1.59. The second kappa shape index (κ2) is 7.44. The van der Waals surface area contributed by atoms with Gasteiger partial charge in [0.25, 0.3) is 5.91 Å². The molecule has 2 aromatic heterocycles. The van der Waals surface area contributed by atoms with Gasteiger partial charge in [0.2, 0.25) is 0 Å². The van der Waals surface area contributed by atoms with Crippen LogP contribution in [-0.4, -0.2) is 39.9 Å². The average molecular weight is 332 g/mol. The Morgan fingerprint density at radius 3 is 3.00 bits per heavy atom. The number of hydrogen-bond donors (Lipinski definition) is 1. The lowest BCUT2D eigenvalue weighted by Gasteiger charge is -2.33. The van der Waals surface area contributed by atoms with E-state index in [4.69, 9.17) is 0 Å². The van der Waals surface area contributed by atoms with Gasteiger partial charge in [0.15, 0.2) is 11.5 Å². The minimum Gasteiger partial charge on any atom is -0.347 e. The van der Waals surface area contributed by atoms with E-state index >= 15 is 0 Å². The van der Waals surface area contributed by atoms with Crippen LogP contribution in [0.1, 0.15) is 28.9 Å². The summed E-state index contributed by atoms with van der Waals surface area (Å²) in [5.41, 5.74) is 0.733. The summed E-state index contributed by atoms with van der Waals surface area (Å²) < 4.78 is 26.5.